The number of methoxy groups -OCH3 is 1. The van der Waals surface area contributed by atoms with Crippen molar-refractivity contribution in [3.63, 3.8) is 0 Å². The van der Waals surface area contributed by atoms with Crippen LogP contribution in [0, 0.1) is 0 Å². The third kappa shape index (κ3) is 3.52. The number of nitrogens with zero attached hydrogens (tertiary/aromatic N) is 1. The predicted molar refractivity (Wildman–Crippen MR) is 82.1 cm³/mol. The van der Waals surface area contributed by atoms with E-state index in [0.717, 1.165) is 5.56 Å². The number of sulfonamides is 1. The van der Waals surface area contributed by atoms with Gasteiger partial charge < -0.3 is 4.74 Å². The van der Waals surface area contributed by atoms with Gasteiger partial charge in [0.1, 0.15) is 16.5 Å². The zero-order valence-electron chi connectivity index (χ0n) is 12.2. The Hall–Kier alpha value is -2.08. The van der Waals surface area contributed by atoms with Gasteiger partial charge in [-0.2, -0.15) is 0 Å². The predicted octanol–water partition coefficient (Wildman–Crippen LogP) is 3.01. The van der Waals surface area contributed by atoms with Gasteiger partial charge in [0.05, 0.1) is 7.11 Å². The van der Waals surface area contributed by atoms with Crippen molar-refractivity contribution < 1.29 is 13.2 Å². The van der Waals surface area contributed by atoms with Gasteiger partial charge in [0, 0.05) is 6.20 Å². The van der Waals surface area contributed by atoms with Gasteiger partial charge in [-0.15, -0.1) is 0 Å². The van der Waals surface area contributed by atoms with E-state index in [2.05, 4.69) is 9.71 Å². The van der Waals surface area contributed by atoms with Crippen LogP contribution in [0.5, 0.6) is 5.75 Å². The number of benzene rings is 1. The molecule has 1 aromatic carbocycles. The number of pyridine rings is 1. The summed E-state index contributed by atoms with van der Waals surface area (Å²) in [5, 5.41) is 0. The second-order valence-corrected chi connectivity index (χ2v) is 6.54. The molecule has 112 valence electrons. The van der Waals surface area contributed by atoms with Gasteiger partial charge >= 0.3 is 0 Å². The maximum absolute atomic E-state index is 12.4. The van der Waals surface area contributed by atoms with E-state index in [-0.39, 0.29) is 10.7 Å². The fourth-order valence-corrected chi connectivity index (χ4v) is 3.04. The zero-order valence-corrected chi connectivity index (χ0v) is 13.0. The van der Waals surface area contributed by atoms with Crippen molar-refractivity contribution in [3.05, 3.63) is 48.2 Å². The Morgan fingerprint density at radius 3 is 2.52 bits per heavy atom. The summed E-state index contributed by atoms with van der Waals surface area (Å²) < 4.78 is 32.5. The Labute approximate surface area is 125 Å². The minimum absolute atomic E-state index is 0.0973. The van der Waals surface area contributed by atoms with Crippen LogP contribution in [0.3, 0.4) is 0 Å². The molecule has 2 rings (SSSR count). The molecule has 0 aliphatic heterocycles. The molecule has 0 atom stereocenters. The molecule has 1 N–H and O–H groups in total. The first-order chi connectivity index (χ1) is 9.94. The maximum Gasteiger partial charge on any atom is 0.266 e. The molecule has 2 aromatic rings. The van der Waals surface area contributed by atoms with Crippen molar-refractivity contribution in [2.45, 2.75) is 24.7 Å². The molecule has 0 bridgehead atoms. The summed E-state index contributed by atoms with van der Waals surface area (Å²) in [5.74, 6) is 0.886. The number of aromatic nitrogens is 1. The highest BCUT2D eigenvalue weighted by Crippen LogP contribution is 2.29. The largest absolute Gasteiger partial charge is 0.495 e. The molecule has 0 saturated carbocycles. The van der Waals surface area contributed by atoms with Crippen LogP contribution >= 0.6 is 0 Å². The Kier molecular flexibility index (Phi) is 4.47. The van der Waals surface area contributed by atoms with Crippen LogP contribution in [-0.4, -0.2) is 20.5 Å². The lowest BCUT2D eigenvalue weighted by Gasteiger charge is -2.13. The summed E-state index contributed by atoms with van der Waals surface area (Å²) in [4.78, 5) is 4.06. The van der Waals surface area contributed by atoms with E-state index >= 15 is 0 Å². The quantitative estimate of drug-likeness (QED) is 0.922. The third-order valence-corrected chi connectivity index (χ3v) is 4.44. The molecular weight excluding hydrogens is 288 g/mol. The summed E-state index contributed by atoms with van der Waals surface area (Å²) in [6.45, 7) is 4.07. The summed E-state index contributed by atoms with van der Waals surface area (Å²) in [7, 11) is -2.28. The van der Waals surface area contributed by atoms with E-state index < -0.39 is 10.0 Å². The zero-order chi connectivity index (χ0) is 15.5. The number of ether oxygens (including phenoxy) is 1. The lowest BCUT2D eigenvalue weighted by atomic mass is 10.0. The van der Waals surface area contributed by atoms with Crippen molar-refractivity contribution in [1.29, 1.82) is 0 Å². The van der Waals surface area contributed by atoms with Crippen molar-refractivity contribution in [2.75, 3.05) is 11.8 Å². The number of hydrogen-bond acceptors (Lipinski definition) is 4. The molecule has 0 unspecified atom stereocenters. The van der Waals surface area contributed by atoms with E-state index in [1.165, 1.54) is 13.3 Å². The highest BCUT2D eigenvalue weighted by atomic mass is 32.2. The minimum atomic E-state index is -3.74. The van der Waals surface area contributed by atoms with E-state index in [1.807, 2.05) is 13.8 Å². The minimum Gasteiger partial charge on any atom is -0.495 e. The first-order valence-corrected chi connectivity index (χ1v) is 8.04. The molecule has 6 heteroatoms. The molecule has 0 aliphatic rings. The highest BCUT2D eigenvalue weighted by molar-refractivity contribution is 7.92. The van der Waals surface area contributed by atoms with Gasteiger partial charge in [0.25, 0.3) is 10.0 Å². The molecule has 1 heterocycles. The Balaban J connectivity index is 2.40. The molecule has 21 heavy (non-hydrogen) atoms. The van der Waals surface area contributed by atoms with Crippen LogP contribution in [0.4, 0.5) is 5.82 Å². The van der Waals surface area contributed by atoms with Crippen LogP contribution in [0.15, 0.2) is 47.5 Å². The molecule has 1 aromatic heterocycles. The molecule has 0 fully saturated rings. The Morgan fingerprint density at radius 2 is 1.95 bits per heavy atom. The van der Waals surface area contributed by atoms with Crippen molar-refractivity contribution in [2.24, 2.45) is 0 Å². The standard InChI is InChI=1S/C15H18N2O3S/c1-11(2)12-7-8-14(13(10-12)20-3)21(18,19)17-15-6-4-5-9-16-15/h4-11H,1-3H3,(H,16,17). The second-order valence-electron chi connectivity index (χ2n) is 4.89. The van der Waals surface area contributed by atoms with E-state index in [1.54, 1.807) is 36.4 Å². The number of nitrogens with one attached hydrogen (secondary N) is 1. The molecule has 0 spiro atoms. The summed E-state index contributed by atoms with van der Waals surface area (Å²) in [5.41, 5.74) is 1.02. The number of hydrogen-bond donors (Lipinski definition) is 1. The Morgan fingerprint density at radius 1 is 1.19 bits per heavy atom. The lowest BCUT2D eigenvalue weighted by molar-refractivity contribution is 0.402. The molecule has 0 amide bonds. The normalized spacial score (nSPS) is 11.4. The number of anilines is 1. The van der Waals surface area contributed by atoms with Gasteiger partial charge in [-0.05, 0) is 35.7 Å². The average molecular weight is 306 g/mol. The molecule has 5 nitrogen and oxygen atoms in total. The smallest absolute Gasteiger partial charge is 0.266 e. The fourth-order valence-electron chi connectivity index (χ4n) is 1.88. The van der Waals surface area contributed by atoms with Gasteiger partial charge in [-0.3, -0.25) is 4.72 Å². The summed E-state index contributed by atoms with van der Waals surface area (Å²) in [6, 6.07) is 10.1. The summed E-state index contributed by atoms with van der Waals surface area (Å²) >= 11 is 0. The van der Waals surface area contributed by atoms with E-state index in [4.69, 9.17) is 4.74 Å². The molecule has 0 aliphatic carbocycles. The van der Waals surface area contributed by atoms with E-state index in [9.17, 15) is 8.42 Å². The van der Waals surface area contributed by atoms with Gasteiger partial charge in [-0.25, -0.2) is 13.4 Å². The maximum atomic E-state index is 12.4. The van der Waals surface area contributed by atoms with Crippen molar-refractivity contribution in [3.8, 4) is 5.75 Å². The third-order valence-electron chi connectivity index (χ3n) is 3.05. The highest BCUT2D eigenvalue weighted by Gasteiger charge is 2.20. The van der Waals surface area contributed by atoms with Crippen molar-refractivity contribution >= 4 is 15.8 Å². The van der Waals surface area contributed by atoms with Crippen LogP contribution in [0.1, 0.15) is 25.3 Å². The first-order valence-electron chi connectivity index (χ1n) is 6.56. The summed E-state index contributed by atoms with van der Waals surface area (Å²) in [6.07, 6.45) is 1.52. The van der Waals surface area contributed by atoms with Crippen LogP contribution in [0.25, 0.3) is 0 Å². The lowest BCUT2D eigenvalue weighted by Crippen LogP contribution is -2.15. The van der Waals surface area contributed by atoms with Gasteiger partial charge in [0.15, 0.2) is 0 Å². The van der Waals surface area contributed by atoms with Gasteiger partial charge in [-0.1, -0.05) is 26.0 Å². The average Bonchev–Trinajstić information content (AvgIpc) is 2.47. The van der Waals surface area contributed by atoms with E-state index in [0.29, 0.717) is 11.7 Å². The molecular formula is C15H18N2O3S. The molecule has 0 radical (unpaired) electrons. The van der Waals surface area contributed by atoms with Gasteiger partial charge in [0.2, 0.25) is 0 Å². The topological polar surface area (TPSA) is 68.3 Å². The fraction of sp³-hybridized carbons (Fsp3) is 0.267. The van der Waals surface area contributed by atoms with Crippen molar-refractivity contribution in [1.82, 2.24) is 4.98 Å². The monoisotopic (exact) mass is 306 g/mol. The second kappa shape index (κ2) is 6.13. The van der Waals surface area contributed by atoms with Crippen LogP contribution in [-0.2, 0) is 10.0 Å². The molecule has 0 saturated heterocycles. The SMILES string of the molecule is COc1cc(C(C)C)ccc1S(=O)(=O)Nc1ccccn1. The van der Waals surface area contributed by atoms with Crippen LogP contribution in [0.2, 0.25) is 0 Å². The van der Waals surface area contributed by atoms with Crippen LogP contribution < -0.4 is 9.46 Å². The first kappa shape index (κ1) is 15.3. The number of rotatable bonds is 5. The Bertz CT molecular complexity index is 713.